The number of hydrogen-bond acceptors (Lipinski definition) is 4. The minimum absolute atomic E-state index is 0.0397. The summed E-state index contributed by atoms with van der Waals surface area (Å²) < 4.78 is 28.7. The smallest absolute Gasteiger partial charge is 0.387 e. The van der Waals surface area contributed by atoms with Crippen LogP contribution in [0, 0.1) is 0 Å². The lowest BCUT2D eigenvalue weighted by atomic mass is 10.1. The van der Waals surface area contributed by atoms with Crippen molar-refractivity contribution >= 4 is 11.8 Å². The summed E-state index contributed by atoms with van der Waals surface area (Å²) in [6, 6.07) is 6.15. The van der Waals surface area contributed by atoms with Crippen LogP contribution in [0.25, 0.3) is 0 Å². The molecule has 0 bridgehead atoms. The molecular formula is C18H23F2N3O3. The first-order valence-corrected chi connectivity index (χ1v) is 8.88. The maximum Gasteiger partial charge on any atom is 0.387 e. The number of nitrogens with one attached hydrogen (secondary N) is 1. The van der Waals surface area contributed by atoms with Crippen molar-refractivity contribution in [3.63, 3.8) is 0 Å². The lowest BCUT2D eigenvalue weighted by molar-refractivity contribution is -0.120. The summed E-state index contributed by atoms with van der Waals surface area (Å²) in [6.45, 7) is 0.612. The van der Waals surface area contributed by atoms with Gasteiger partial charge in [0.1, 0.15) is 5.75 Å². The molecule has 0 unspecified atom stereocenters. The van der Waals surface area contributed by atoms with Gasteiger partial charge in [0, 0.05) is 50.7 Å². The first-order chi connectivity index (χ1) is 12.5. The molecule has 0 saturated carbocycles. The van der Waals surface area contributed by atoms with E-state index in [4.69, 9.17) is 0 Å². The average Bonchev–Trinajstić information content (AvgIpc) is 2.86. The predicted octanol–water partition coefficient (Wildman–Crippen LogP) is 1.71. The fraction of sp³-hybridized carbons (Fsp3) is 0.556. The van der Waals surface area contributed by atoms with Gasteiger partial charge in [-0.15, -0.1) is 0 Å². The number of alkyl halides is 2. The second kappa shape index (κ2) is 8.44. The molecule has 3 rings (SSSR count). The molecule has 2 fully saturated rings. The molecule has 0 aromatic heterocycles. The fourth-order valence-electron chi connectivity index (χ4n) is 3.53. The van der Waals surface area contributed by atoms with Crippen LogP contribution in [-0.2, 0) is 4.79 Å². The zero-order valence-electron chi connectivity index (χ0n) is 14.5. The summed E-state index contributed by atoms with van der Waals surface area (Å²) in [5, 5.41) is 2.89. The normalized spacial score (nSPS) is 22.0. The third-order valence-corrected chi connectivity index (χ3v) is 4.95. The number of carbonyl (C=O) groups excluding carboxylic acids is 2. The van der Waals surface area contributed by atoms with Gasteiger partial charge in [-0.05, 0) is 37.1 Å². The first-order valence-electron chi connectivity index (χ1n) is 8.88. The Morgan fingerprint density at radius 3 is 2.46 bits per heavy atom. The van der Waals surface area contributed by atoms with Gasteiger partial charge in [-0.25, -0.2) is 0 Å². The predicted molar refractivity (Wildman–Crippen MR) is 91.2 cm³/mol. The molecule has 1 aromatic carbocycles. The van der Waals surface area contributed by atoms with Crippen molar-refractivity contribution in [3.8, 4) is 5.75 Å². The summed E-state index contributed by atoms with van der Waals surface area (Å²) >= 11 is 0. The van der Waals surface area contributed by atoms with Crippen molar-refractivity contribution in [1.82, 2.24) is 15.1 Å². The first kappa shape index (κ1) is 18.6. The summed E-state index contributed by atoms with van der Waals surface area (Å²) in [5.74, 6) is 0.0458. The largest absolute Gasteiger partial charge is 0.435 e. The van der Waals surface area contributed by atoms with Crippen LogP contribution >= 0.6 is 0 Å². The summed E-state index contributed by atoms with van der Waals surface area (Å²) in [7, 11) is 0. The highest BCUT2D eigenvalue weighted by Gasteiger charge is 2.28. The molecule has 0 radical (unpaired) electrons. The van der Waals surface area contributed by atoms with Gasteiger partial charge in [-0.1, -0.05) is 0 Å². The van der Waals surface area contributed by atoms with Gasteiger partial charge in [0.15, 0.2) is 0 Å². The van der Waals surface area contributed by atoms with Gasteiger partial charge in [0.25, 0.3) is 5.91 Å². The Balaban J connectivity index is 1.52. The molecule has 1 aromatic rings. The van der Waals surface area contributed by atoms with Crippen LogP contribution in [-0.4, -0.2) is 67.0 Å². The van der Waals surface area contributed by atoms with Crippen molar-refractivity contribution in [2.45, 2.75) is 31.9 Å². The Labute approximate surface area is 151 Å². The van der Waals surface area contributed by atoms with Gasteiger partial charge in [0.05, 0.1) is 0 Å². The van der Waals surface area contributed by atoms with E-state index in [-0.39, 0.29) is 17.6 Å². The lowest BCUT2D eigenvalue weighted by Gasteiger charge is -2.39. The summed E-state index contributed by atoms with van der Waals surface area (Å²) in [6.07, 6.45) is 2.34. The van der Waals surface area contributed by atoms with E-state index in [2.05, 4.69) is 15.0 Å². The molecular weight excluding hydrogens is 344 g/mol. The van der Waals surface area contributed by atoms with Crippen molar-refractivity contribution in [3.05, 3.63) is 29.8 Å². The number of benzene rings is 1. The van der Waals surface area contributed by atoms with Gasteiger partial charge >= 0.3 is 6.61 Å². The molecule has 2 saturated heterocycles. The second-order valence-electron chi connectivity index (χ2n) is 6.56. The Bertz CT molecular complexity index is 631. The van der Waals surface area contributed by atoms with E-state index in [1.54, 1.807) is 4.90 Å². The lowest BCUT2D eigenvalue weighted by Crippen LogP contribution is -2.52. The third-order valence-electron chi connectivity index (χ3n) is 4.95. The van der Waals surface area contributed by atoms with Gasteiger partial charge in [-0.2, -0.15) is 8.78 Å². The Morgan fingerprint density at radius 2 is 1.81 bits per heavy atom. The van der Waals surface area contributed by atoms with E-state index in [0.29, 0.717) is 37.7 Å². The number of ether oxygens (including phenoxy) is 1. The summed E-state index contributed by atoms with van der Waals surface area (Å²) in [4.78, 5) is 28.2. The molecule has 26 heavy (non-hydrogen) atoms. The maximum absolute atomic E-state index is 12.6. The van der Waals surface area contributed by atoms with Crippen LogP contribution in [0.1, 0.15) is 29.6 Å². The number of hydrogen-bond donors (Lipinski definition) is 1. The molecule has 0 aliphatic carbocycles. The fourth-order valence-corrected chi connectivity index (χ4v) is 3.53. The van der Waals surface area contributed by atoms with Crippen LogP contribution in [0.5, 0.6) is 5.75 Å². The van der Waals surface area contributed by atoms with Crippen LogP contribution in [0.3, 0.4) is 0 Å². The van der Waals surface area contributed by atoms with Crippen molar-refractivity contribution in [2.75, 3.05) is 32.7 Å². The number of amides is 2. The molecule has 1 N–H and O–H groups in total. The molecule has 6 nitrogen and oxygen atoms in total. The minimum Gasteiger partial charge on any atom is -0.435 e. The van der Waals surface area contributed by atoms with Gasteiger partial charge in [-0.3, -0.25) is 14.5 Å². The molecule has 2 aliphatic rings. The second-order valence-corrected chi connectivity index (χ2v) is 6.56. The molecule has 142 valence electrons. The van der Waals surface area contributed by atoms with Crippen molar-refractivity contribution in [2.24, 2.45) is 0 Å². The van der Waals surface area contributed by atoms with Crippen LogP contribution < -0.4 is 10.1 Å². The molecule has 1 atom stereocenters. The summed E-state index contributed by atoms with van der Waals surface area (Å²) in [5.41, 5.74) is 0.462. The molecule has 2 aliphatic heterocycles. The average molecular weight is 367 g/mol. The molecule has 2 amide bonds. The van der Waals surface area contributed by atoms with E-state index in [1.165, 1.54) is 24.3 Å². The maximum atomic E-state index is 12.6. The van der Waals surface area contributed by atoms with E-state index in [0.717, 1.165) is 25.9 Å². The Hall–Kier alpha value is -2.22. The third kappa shape index (κ3) is 4.69. The number of nitrogens with zero attached hydrogens (tertiary/aromatic N) is 2. The topological polar surface area (TPSA) is 61.9 Å². The number of piperazine rings is 1. The highest BCUT2D eigenvalue weighted by atomic mass is 19.3. The van der Waals surface area contributed by atoms with Gasteiger partial charge < -0.3 is 15.0 Å². The minimum atomic E-state index is -2.88. The van der Waals surface area contributed by atoms with E-state index < -0.39 is 6.61 Å². The van der Waals surface area contributed by atoms with E-state index in [1.807, 2.05) is 0 Å². The van der Waals surface area contributed by atoms with Crippen molar-refractivity contribution in [1.29, 1.82) is 0 Å². The highest BCUT2D eigenvalue weighted by molar-refractivity contribution is 5.94. The van der Waals surface area contributed by atoms with Crippen LogP contribution in [0.4, 0.5) is 8.78 Å². The number of halogens is 2. The Kier molecular flexibility index (Phi) is 6.03. The number of rotatable bonds is 4. The molecule has 0 spiro atoms. The standard InChI is InChI=1S/C18H23F2N3O3/c19-18(20)26-15-4-1-13(2-5-15)17(25)23-11-9-22(10-12-23)14-3-6-16(24)21-8-7-14/h1-2,4-5,14,18H,3,6-12H2,(H,21,24)/t14-/m0/s1. The van der Waals surface area contributed by atoms with Gasteiger partial charge in [0.2, 0.25) is 5.91 Å². The monoisotopic (exact) mass is 367 g/mol. The molecule has 2 heterocycles. The zero-order valence-corrected chi connectivity index (χ0v) is 14.5. The van der Waals surface area contributed by atoms with E-state index in [9.17, 15) is 18.4 Å². The highest BCUT2D eigenvalue weighted by Crippen LogP contribution is 2.19. The zero-order chi connectivity index (χ0) is 18.5. The SMILES string of the molecule is O=C1CC[C@H](N2CCN(C(=O)c3ccc(OC(F)F)cc3)CC2)CCN1. The van der Waals surface area contributed by atoms with Crippen LogP contribution in [0.2, 0.25) is 0 Å². The van der Waals surface area contributed by atoms with Crippen molar-refractivity contribution < 1.29 is 23.1 Å². The quantitative estimate of drug-likeness (QED) is 0.880. The van der Waals surface area contributed by atoms with E-state index >= 15 is 0 Å². The van der Waals surface area contributed by atoms with Crippen LogP contribution in [0.15, 0.2) is 24.3 Å². The molecule has 8 heteroatoms. The Morgan fingerprint density at radius 1 is 1.12 bits per heavy atom. The number of carbonyl (C=O) groups is 2.